The Hall–Kier alpha value is -4.27. The SMILES string of the molecule is COc1ccc(N(C(=O)Cn2nnc3ccccc32)[C@H](C(=O)NC2CCCC2)c2ccccc2F)cc1. The summed E-state index contributed by atoms with van der Waals surface area (Å²) in [5.41, 5.74) is 1.88. The van der Waals surface area contributed by atoms with Gasteiger partial charge in [0, 0.05) is 17.3 Å². The molecule has 2 amide bonds. The number of halogens is 1. The molecule has 1 heterocycles. The first-order chi connectivity index (χ1) is 18.0. The van der Waals surface area contributed by atoms with Crippen molar-refractivity contribution < 1.29 is 18.7 Å². The van der Waals surface area contributed by atoms with Crippen LogP contribution in [0.5, 0.6) is 5.75 Å². The van der Waals surface area contributed by atoms with Crippen molar-refractivity contribution in [3.05, 3.63) is 84.2 Å². The molecule has 1 aliphatic carbocycles. The van der Waals surface area contributed by atoms with E-state index in [1.807, 2.05) is 24.3 Å². The van der Waals surface area contributed by atoms with Crippen molar-refractivity contribution in [3.63, 3.8) is 0 Å². The molecule has 4 aromatic rings. The van der Waals surface area contributed by atoms with E-state index in [0.717, 1.165) is 25.7 Å². The first kappa shape index (κ1) is 24.4. The maximum absolute atomic E-state index is 15.2. The number of carbonyl (C=O) groups excluding carboxylic acids is 2. The lowest BCUT2D eigenvalue weighted by Gasteiger charge is -2.32. The van der Waals surface area contributed by atoms with Crippen LogP contribution in [0.15, 0.2) is 72.8 Å². The van der Waals surface area contributed by atoms with Crippen molar-refractivity contribution in [3.8, 4) is 5.75 Å². The number of hydrogen-bond acceptors (Lipinski definition) is 5. The smallest absolute Gasteiger partial charge is 0.249 e. The molecule has 190 valence electrons. The van der Waals surface area contributed by atoms with Crippen LogP contribution in [-0.4, -0.2) is 40.0 Å². The molecule has 0 radical (unpaired) electrons. The first-order valence-electron chi connectivity index (χ1n) is 12.3. The molecule has 5 rings (SSSR count). The average Bonchev–Trinajstić information content (AvgIpc) is 3.58. The van der Waals surface area contributed by atoms with Crippen molar-refractivity contribution in [2.45, 2.75) is 44.3 Å². The summed E-state index contributed by atoms with van der Waals surface area (Å²) >= 11 is 0. The topological polar surface area (TPSA) is 89.3 Å². The van der Waals surface area contributed by atoms with Gasteiger partial charge < -0.3 is 10.1 Å². The van der Waals surface area contributed by atoms with E-state index >= 15 is 4.39 Å². The van der Waals surface area contributed by atoms with Crippen LogP contribution in [0, 0.1) is 5.82 Å². The molecule has 0 saturated heterocycles. The molecule has 0 bridgehead atoms. The summed E-state index contributed by atoms with van der Waals surface area (Å²) in [4.78, 5) is 29.1. The highest BCUT2D eigenvalue weighted by atomic mass is 19.1. The Morgan fingerprint density at radius 3 is 2.49 bits per heavy atom. The van der Waals surface area contributed by atoms with Crippen LogP contribution in [0.2, 0.25) is 0 Å². The first-order valence-corrected chi connectivity index (χ1v) is 12.3. The van der Waals surface area contributed by atoms with Crippen molar-refractivity contribution in [2.75, 3.05) is 12.0 Å². The molecule has 0 aliphatic heterocycles. The maximum atomic E-state index is 15.2. The maximum Gasteiger partial charge on any atom is 0.249 e. The molecule has 1 aromatic heterocycles. The molecule has 3 aromatic carbocycles. The predicted molar refractivity (Wildman–Crippen MR) is 138 cm³/mol. The molecule has 8 nitrogen and oxygen atoms in total. The van der Waals surface area contributed by atoms with E-state index in [1.54, 1.807) is 49.6 Å². The Bertz CT molecular complexity index is 1400. The second-order valence-corrected chi connectivity index (χ2v) is 9.11. The Labute approximate surface area is 214 Å². The molecule has 1 atom stereocenters. The summed E-state index contributed by atoms with van der Waals surface area (Å²) in [5.74, 6) is -0.830. The van der Waals surface area contributed by atoms with Gasteiger partial charge in [0.2, 0.25) is 11.8 Å². The molecule has 0 unspecified atom stereocenters. The second kappa shape index (κ2) is 10.8. The summed E-state index contributed by atoms with van der Waals surface area (Å²) in [6, 6.07) is 18.9. The van der Waals surface area contributed by atoms with Gasteiger partial charge in [-0.2, -0.15) is 0 Å². The van der Waals surface area contributed by atoms with E-state index in [4.69, 9.17) is 4.74 Å². The third-order valence-corrected chi connectivity index (χ3v) is 6.73. The fraction of sp³-hybridized carbons (Fsp3) is 0.286. The van der Waals surface area contributed by atoms with E-state index < -0.39 is 23.7 Å². The zero-order chi connectivity index (χ0) is 25.8. The van der Waals surface area contributed by atoms with E-state index in [9.17, 15) is 9.59 Å². The van der Waals surface area contributed by atoms with Crippen LogP contribution in [0.1, 0.15) is 37.3 Å². The summed E-state index contributed by atoms with van der Waals surface area (Å²) in [7, 11) is 1.55. The van der Waals surface area contributed by atoms with Gasteiger partial charge in [0.25, 0.3) is 0 Å². The monoisotopic (exact) mass is 501 g/mol. The molecular formula is C28H28FN5O3. The van der Waals surface area contributed by atoms with Crippen LogP contribution in [0.3, 0.4) is 0 Å². The van der Waals surface area contributed by atoms with Gasteiger partial charge in [-0.25, -0.2) is 9.07 Å². The molecule has 9 heteroatoms. The van der Waals surface area contributed by atoms with Gasteiger partial charge in [-0.15, -0.1) is 5.10 Å². The number of benzene rings is 3. The minimum Gasteiger partial charge on any atom is -0.497 e. The van der Waals surface area contributed by atoms with E-state index in [2.05, 4.69) is 15.6 Å². The number of hydrogen-bond donors (Lipinski definition) is 1. The number of amides is 2. The minimum atomic E-state index is -1.22. The molecule has 1 aliphatic rings. The molecule has 1 saturated carbocycles. The van der Waals surface area contributed by atoms with Gasteiger partial charge in [-0.3, -0.25) is 14.5 Å². The Morgan fingerprint density at radius 1 is 1.05 bits per heavy atom. The molecule has 1 fully saturated rings. The van der Waals surface area contributed by atoms with Gasteiger partial charge in [-0.05, 0) is 55.3 Å². The lowest BCUT2D eigenvalue weighted by molar-refractivity contribution is -0.127. The molecular weight excluding hydrogens is 473 g/mol. The number of ether oxygens (including phenoxy) is 1. The highest BCUT2D eigenvalue weighted by molar-refractivity contribution is 6.01. The number of rotatable bonds is 8. The van der Waals surface area contributed by atoms with Crippen LogP contribution >= 0.6 is 0 Å². The van der Waals surface area contributed by atoms with E-state index in [-0.39, 0.29) is 18.2 Å². The van der Waals surface area contributed by atoms with Crippen LogP contribution in [0.4, 0.5) is 10.1 Å². The predicted octanol–water partition coefficient (Wildman–Crippen LogP) is 4.41. The number of para-hydroxylation sites is 1. The van der Waals surface area contributed by atoms with E-state index in [0.29, 0.717) is 22.5 Å². The quantitative estimate of drug-likeness (QED) is 0.386. The standard InChI is InChI=1S/C28H28FN5O3/c1-37-21-16-14-20(15-17-21)34(26(35)18-33-25-13-7-6-12-24(25)31-32-33)27(22-10-4-5-11-23(22)29)28(36)30-19-8-2-3-9-19/h4-7,10-17,19,27H,2-3,8-9,18H2,1H3,(H,30,36)/t27-/m0/s1. The number of nitrogens with zero attached hydrogens (tertiary/aromatic N) is 4. The summed E-state index contributed by atoms with van der Waals surface area (Å²) in [6.45, 7) is -0.186. The third-order valence-electron chi connectivity index (χ3n) is 6.73. The van der Waals surface area contributed by atoms with Crippen LogP contribution in [0.25, 0.3) is 11.0 Å². The van der Waals surface area contributed by atoms with Crippen LogP contribution < -0.4 is 15.0 Å². The highest BCUT2D eigenvalue weighted by Gasteiger charge is 2.36. The number of fused-ring (bicyclic) bond motifs is 1. The zero-order valence-corrected chi connectivity index (χ0v) is 20.5. The van der Waals surface area contributed by atoms with Gasteiger partial charge in [0.1, 0.15) is 29.7 Å². The number of methoxy groups -OCH3 is 1. The number of anilines is 1. The fourth-order valence-corrected chi connectivity index (χ4v) is 4.86. The largest absolute Gasteiger partial charge is 0.497 e. The van der Waals surface area contributed by atoms with Gasteiger partial charge in [-0.1, -0.05) is 48.4 Å². The summed E-state index contributed by atoms with van der Waals surface area (Å²) in [5, 5.41) is 11.3. The van der Waals surface area contributed by atoms with Gasteiger partial charge >= 0.3 is 0 Å². The summed E-state index contributed by atoms with van der Waals surface area (Å²) in [6.07, 6.45) is 3.76. The molecule has 1 N–H and O–H groups in total. The normalized spacial score (nSPS) is 14.4. The Balaban J connectivity index is 1.58. The van der Waals surface area contributed by atoms with Crippen molar-refractivity contribution in [1.29, 1.82) is 0 Å². The van der Waals surface area contributed by atoms with E-state index in [1.165, 1.54) is 15.6 Å². The molecule has 37 heavy (non-hydrogen) atoms. The Kier molecular flexibility index (Phi) is 7.11. The van der Waals surface area contributed by atoms with Gasteiger partial charge in [0.15, 0.2) is 0 Å². The number of carbonyl (C=O) groups is 2. The lowest BCUT2D eigenvalue weighted by atomic mass is 10.0. The van der Waals surface area contributed by atoms with Crippen LogP contribution in [-0.2, 0) is 16.1 Å². The number of aromatic nitrogens is 3. The van der Waals surface area contributed by atoms with Crippen molar-refractivity contribution in [1.82, 2.24) is 20.3 Å². The zero-order valence-electron chi connectivity index (χ0n) is 20.5. The number of nitrogens with one attached hydrogen (secondary N) is 1. The lowest BCUT2D eigenvalue weighted by Crippen LogP contribution is -2.47. The Morgan fingerprint density at radius 2 is 1.76 bits per heavy atom. The molecule has 0 spiro atoms. The van der Waals surface area contributed by atoms with Gasteiger partial charge in [0.05, 0.1) is 12.6 Å². The van der Waals surface area contributed by atoms with Crippen molar-refractivity contribution in [2.24, 2.45) is 0 Å². The third kappa shape index (κ3) is 5.16. The summed E-state index contributed by atoms with van der Waals surface area (Å²) < 4.78 is 22.0. The fourth-order valence-electron chi connectivity index (χ4n) is 4.86. The second-order valence-electron chi connectivity index (χ2n) is 9.11. The average molecular weight is 502 g/mol. The van der Waals surface area contributed by atoms with Crippen molar-refractivity contribution >= 4 is 28.5 Å². The minimum absolute atomic E-state index is 0.00569. The highest BCUT2D eigenvalue weighted by Crippen LogP contribution is 2.32.